The molecule has 0 atom stereocenters. The quantitative estimate of drug-likeness (QED) is 0.783. The molecule has 4 rings (SSSR count). The zero-order chi connectivity index (χ0) is 13.0. The number of carboxylic acids is 1. The molecule has 19 heavy (non-hydrogen) atoms. The second-order valence-corrected chi connectivity index (χ2v) is 6.24. The van der Waals surface area contributed by atoms with Gasteiger partial charge in [-0.25, -0.2) is 4.79 Å². The van der Waals surface area contributed by atoms with Crippen LogP contribution in [0.4, 0.5) is 0 Å². The largest absolute Gasteiger partial charge is 0.477 e. The van der Waals surface area contributed by atoms with Crippen molar-refractivity contribution in [2.24, 2.45) is 5.92 Å². The van der Waals surface area contributed by atoms with E-state index in [0.717, 1.165) is 22.7 Å². The molecule has 0 radical (unpaired) electrons. The number of hydrogen-bond donors (Lipinski definition) is 1. The van der Waals surface area contributed by atoms with Crippen molar-refractivity contribution < 1.29 is 9.90 Å². The van der Waals surface area contributed by atoms with E-state index in [-0.39, 0.29) is 0 Å². The van der Waals surface area contributed by atoms with Crippen molar-refractivity contribution in [1.82, 2.24) is 4.57 Å². The zero-order valence-electron chi connectivity index (χ0n) is 10.3. The Labute approximate surface area is 114 Å². The van der Waals surface area contributed by atoms with Gasteiger partial charge in [0, 0.05) is 22.8 Å². The highest BCUT2D eigenvalue weighted by Gasteiger charge is 2.25. The molecule has 2 heterocycles. The van der Waals surface area contributed by atoms with Gasteiger partial charge in [0.2, 0.25) is 0 Å². The summed E-state index contributed by atoms with van der Waals surface area (Å²) in [5.74, 6) is -0.0577. The predicted octanol–water partition coefficient (Wildman–Crippen LogP) is 3.96. The lowest BCUT2D eigenvalue weighted by molar-refractivity contribution is 0.0702. The number of thiophene rings is 1. The molecular formula is C15H13NO2S. The molecule has 2 aromatic heterocycles. The molecule has 3 nitrogen and oxygen atoms in total. The maximum absolute atomic E-state index is 11.2. The standard InChI is InChI=1S/C15H13NO2S/c17-15(18)13-7-11-10-3-1-2-4-12(10)16(14(11)19-13)8-9-5-6-9/h1-4,7,9H,5-6,8H2,(H,17,18). The van der Waals surface area contributed by atoms with Crippen molar-refractivity contribution in [3.63, 3.8) is 0 Å². The van der Waals surface area contributed by atoms with Crippen molar-refractivity contribution in [2.45, 2.75) is 19.4 Å². The van der Waals surface area contributed by atoms with Crippen LogP contribution in [0.15, 0.2) is 30.3 Å². The van der Waals surface area contributed by atoms with Crippen LogP contribution in [-0.2, 0) is 6.54 Å². The number of benzene rings is 1. The first kappa shape index (κ1) is 11.1. The molecule has 1 saturated carbocycles. The fraction of sp³-hybridized carbons (Fsp3) is 0.267. The van der Waals surface area contributed by atoms with Gasteiger partial charge in [0.25, 0.3) is 0 Å². The van der Waals surface area contributed by atoms with Crippen LogP contribution in [0.3, 0.4) is 0 Å². The summed E-state index contributed by atoms with van der Waals surface area (Å²) in [5, 5.41) is 11.4. The number of hydrogen-bond acceptors (Lipinski definition) is 2. The van der Waals surface area contributed by atoms with Gasteiger partial charge in [-0.1, -0.05) is 18.2 Å². The van der Waals surface area contributed by atoms with Crippen LogP contribution in [0.2, 0.25) is 0 Å². The maximum Gasteiger partial charge on any atom is 0.345 e. The van der Waals surface area contributed by atoms with E-state index in [2.05, 4.69) is 16.7 Å². The number of fused-ring (bicyclic) bond motifs is 3. The molecule has 1 fully saturated rings. The van der Waals surface area contributed by atoms with E-state index in [0.29, 0.717) is 4.88 Å². The second-order valence-electron chi connectivity index (χ2n) is 5.21. The van der Waals surface area contributed by atoms with Gasteiger partial charge in [0.1, 0.15) is 9.71 Å². The van der Waals surface area contributed by atoms with E-state index in [1.165, 1.54) is 35.1 Å². The first-order chi connectivity index (χ1) is 9.24. The third-order valence-corrected chi connectivity index (χ3v) is 4.94. The topological polar surface area (TPSA) is 42.2 Å². The van der Waals surface area contributed by atoms with Crippen LogP contribution >= 0.6 is 11.3 Å². The van der Waals surface area contributed by atoms with Crippen LogP contribution in [0, 0.1) is 5.92 Å². The number of carbonyl (C=O) groups is 1. The van der Waals surface area contributed by atoms with Gasteiger partial charge < -0.3 is 9.67 Å². The van der Waals surface area contributed by atoms with E-state index in [9.17, 15) is 4.79 Å². The highest BCUT2D eigenvalue weighted by Crippen LogP contribution is 2.39. The molecule has 1 aliphatic carbocycles. The molecule has 0 saturated heterocycles. The second kappa shape index (κ2) is 3.84. The summed E-state index contributed by atoms with van der Waals surface area (Å²) in [5.41, 5.74) is 1.23. The lowest BCUT2D eigenvalue weighted by atomic mass is 10.2. The van der Waals surface area contributed by atoms with E-state index in [1.807, 2.05) is 18.2 Å². The molecule has 0 amide bonds. The molecule has 0 spiro atoms. The summed E-state index contributed by atoms with van der Waals surface area (Å²) in [7, 11) is 0. The van der Waals surface area contributed by atoms with Crippen LogP contribution in [0.5, 0.6) is 0 Å². The van der Waals surface area contributed by atoms with Gasteiger partial charge in [-0.2, -0.15) is 0 Å². The normalized spacial score (nSPS) is 15.4. The molecule has 96 valence electrons. The van der Waals surface area contributed by atoms with E-state index in [4.69, 9.17) is 5.11 Å². The maximum atomic E-state index is 11.2. The van der Waals surface area contributed by atoms with Gasteiger partial charge in [0.05, 0.1) is 0 Å². The summed E-state index contributed by atoms with van der Waals surface area (Å²) in [4.78, 5) is 12.7. The SMILES string of the molecule is O=C(O)c1cc2c3ccccc3n(CC3CC3)c2s1. The first-order valence-corrected chi connectivity index (χ1v) is 7.30. The van der Waals surface area contributed by atoms with Crippen molar-refractivity contribution in [3.05, 3.63) is 35.2 Å². The fourth-order valence-electron chi connectivity index (χ4n) is 2.67. The van der Waals surface area contributed by atoms with Crippen LogP contribution in [0.25, 0.3) is 21.1 Å². The number of para-hydroxylation sites is 1. The van der Waals surface area contributed by atoms with Crippen molar-refractivity contribution in [3.8, 4) is 0 Å². The van der Waals surface area contributed by atoms with Gasteiger partial charge in [0.15, 0.2) is 0 Å². The van der Waals surface area contributed by atoms with Crippen LogP contribution in [0.1, 0.15) is 22.5 Å². The van der Waals surface area contributed by atoms with E-state index < -0.39 is 5.97 Å². The Bertz CT molecular complexity index is 795. The number of aromatic carboxylic acids is 1. The molecule has 1 aliphatic rings. The van der Waals surface area contributed by atoms with Gasteiger partial charge in [-0.3, -0.25) is 0 Å². The first-order valence-electron chi connectivity index (χ1n) is 6.48. The van der Waals surface area contributed by atoms with E-state index >= 15 is 0 Å². The molecule has 3 aromatic rings. The summed E-state index contributed by atoms with van der Waals surface area (Å²) >= 11 is 1.39. The third kappa shape index (κ3) is 1.67. The Balaban J connectivity index is 2.03. The highest BCUT2D eigenvalue weighted by molar-refractivity contribution is 7.20. The zero-order valence-corrected chi connectivity index (χ0v) is 11.1. The Kier molecular flexibility index (Phi) is 2.23. The van der Waals surface area contributed by atoms with Crippen molar-refractivity contribution >= 4 is 38.4 Å². The highest BCUT2D eigenvalue weighted by atomic mass is 32.1. The average Bonchev–Trinajstić information content (AvgIpc) is 3.03. The van der Waals surface area contributed by atoms with Gasteiger partial charge in [-0.15, -0.1) is 11.3 Å². The van der Waals surface area contributed by atoms with Crippen molar-refractivity contribution in [1.29, 1.82) is 0 Å². The van der Waals surface area contributed by atoms with Crippen LogP contribution < -0.4 is 0 Å². The van der Waals surface area contributed by atoms with Crippen LogP contribution in [-0.4, -0.2) is 15.6 Å². The van der Waals surface area contributed by atoms with Gasteiger partial charge >= 0.3 is 5.97 Å². The number of nitrogens with zero attached hydrogens (tertiary/aromatic N) is 1. The van der Waals surface area contributed by atoms with Crippen molar-refractivity contribution in [2.75, 3.05) is 0 Å². The fourth-order valence-corrected chi connectivity index (χ4v) is 3.70. The summed E-state index contributed by atoms with van der Waals surface area (Å²) < 4.78 is 2.31. The molecule has 0 bridgehead atoms. The Hall–Kier alpha value is -1.81. The average molecular weight is 271 g/mol. The van der Waals surface area contributed by atoms with E-state index in [1.54, 1.807) is 0 Å². The molecule has 4 heteroatoms. The Morgan fingerprint density at radius 2 is 2.11 bits per heavy atom. The minimum atomic E-state index is -0.830. The third-order valence-electron chi connectivity index (χ3n) is 3.79. The summed E-state index contributed by atoms with van der Waals surface area (Å²) in [6, 6.07) is 10.1. The minimum absolute atomic E-state index is 0.431. The summed E-state index contributed by atoms with van der Waals surface area (Å²) in [6.45, 7) is 1.02. The Morgan fingerprint density at radius 1 is 1.32 bits per heavy atom. The molecule has 0 unspecified atom stereocenters. The monoisotopic (exact) mass is 271 g/mol. The number of rotatable bonds is 3. The molecule has 0 aliphatic heterocycles. The molecule has 1 N–H and O–H groups in total. The minimum Gasteiger partial charge on any atom is -0.477 e. The summed E-state index contributed by atoms with van der Waals surface area (Å²) in [6.07, 6.45) is 2.59. The lowest BCUT2D eigenvalue weighted by Crippen LogP contribution is -1.98. The number of aromatic nitrogens is 1. The predicted molar refractivity (Wildman–Crippen MR) is 77.0 cm³/mol. The molecular weight excluding hydrogens is 258 g/mol. The number of carboxylic acid groups (broad SMARTS) is 1. The Morgan fingerprint density at radius 3 is 2.84 bits per heavy atom. The molecule has 1 aromatic carbocycles. The van der Waals surface area contributed by atoms with Gasteiger partial charge in [-0.05, 0) is 30.9 Å². The smallest absolute Gasteiger partial charge is 0.345 e. The lowest BCUT2D eigenvalue weighted by Gasteiger charge is -2.04.